The van der Waals surface area contributed by atoms with Crippen LogP contribution in [-0.4, -0.2) is 25.8 Å². The molecule has 0 amide bonds. The summed E-state index contributed by atoms with van der Waals surface area (Å²) < 4.78 is 26.5. The molecule has 2 rings (SSSR count). The van der Waals surface area contributed by atoms with Crippen molar-refractivity contribution in [1.29, 1.82) is 0 Å². The van der Waals surface area contributed by atoms with E-state index in [1.807, 2.05) is 6.07 Å². The molecule has 0 spiro atoms. The Hall–Kier alpha value is -0.910. The molecular weight excluding hydrogens is 248 g/mol. The van der Waals surface area contributed by atoms with E-state index >= 15 is 0 Å². The molecule has 100 valence electrons. The van der Waals surface area contributed by atoms with Gasteiger partial charge in [0, 0.05) is 19.6 Å². The molecular formula is C13H20N2O2S. The van der Waals surface area contributed by atoms with Gasteiger partial charge < -0.3 is 5.73 Å². The largest absolute Gasteiger partial charge is 0.326 e. The fourth-order valence-electron chi connectivity index (χ4n) is 2.21. The Balaban J connectivity index is 2.24. The molecule has 0 radical (unpaired) electrons. The number of nitrogens with zero attached hydrogens (tertiary/aromatic N) is 1. The first-order valence-corrected chi connectivity index (χ1v) is 7.77. The van der Waals surface area contributed by atoms with Gasteiger partial charge in [0.25, 0.3) is 0 Å². The van der Waals surface area contributed by atoms with Crippen molar-refractivity contribution in [3.63, 3.8) is 0 Å². The van der Waals surface area contributed by atoms with E-state index in [2.05, 4.69) is 6.92 Å². The summed E-state index contributed by atoms with van der Waals surface area (Å²) in [6, 6.07) is 6.92. The predicted octanol–water partition coefficient (Wildman–Crippen LogP) is 1.57. The fourth-order valence-corrected chi connectivity index (χ4v) is 3.75. The summed E-state index contributed by atoms with van der Waals surface area (Å²) in [4.78, 5) is 0.361. The highest BCUT2D eigenvalue weighted by atomic mass is 32.2. The number of benzene rings is 1. The second-order valence-electron chi connectivity index (χ2n) is 4.94. The first-order chi connectivity index (χ1) is 8.54. The van der Waals surface area contributed by atoms with Crippen LogP contribution in [0.1, 0.15) is 25.3 Å². The van der Waals surface area contributed by atoms with Gasteiger partial charge in [-0.25, -0.2) is 8.42 Å². The standard InChI is InChI=1S/C13H20N2O2S/c1-11-5-7-15(8-6-11)18(16,17)13-4-2-3-12(9-13)10-14/h2-4,9,11H,5-8,10,14H2,1H3. The van der Waals surface area contributed by atoms with Gasteiger partial charge in [0.2, 0.25) is 10.0 Å². The van der Waals surface area contributed by atoms with E-state index in [1.165, 1.54) is 0 Å². The Morgan fingerprint density at radius 1 is 1.33 bits per heavy atom. The Bertz CT molecular complexity index is 505. The summed E-state index contributed by atoms with van der Waals surface area (Å²) in [5.41, 5.74) is 6.40. The van der Waals surface area contributed by atoms with Crippen molar-refractivity contribution in [2.45, 2.75) is 31.2 Å². The molecule has 0 saturated carbocycles. The predicted molar refractivity (Wildman–Crippen MR) is 71.5 cm³/mol. The molecule has 1 saturated heterocycles. The Morgan fingerprint density at radius 2 is 2.00 bits per heavy atom. The molecule has 1 aromatic carbocycles. The third kappa shape index (κ3) is 2.74. The molecule has 2 N–H and O–H groups in total. The Kier molecular flexibility index (Phi) is 4.04. The fraction of sp³-hybridized carbons (Fsp3) is 0.538. The van der Waals surface area contributed by atoms with Gasteiger partial charge in [-0.3, -0.25) is 0 Å². The molecule has 1 fully saturated rings. The molecule has 0 unspecified atom stereocenters. The molecule has 0 aliphatic carbocycles. The van der Waals surface area contributed by atoms with Gasteiger partial charge in [0.1, 0.15) is 0 Å². The van der Waals surface area contributed by atoms with Crippen LogP contribution in [-0.2, 0) is 16.6 Å². The molecule has 1 heterocycles. The van der Waals surface area contributed by atoms with Crippen molar-refractivity contribution in [3.8, 4) is 0 Å². The molecule has 0 bridgehead atoms. The lowest BCUT2D eigenvalue weighted by molar-refractivity contribution is 0.288. The second-order valence-corrected chi connectivity index (χ2v) is 6.88. The zero-order valence-electron chi connectivity index (χ0n) is 10.7. The maximum Gasteiger partial charge on any atom is 0.243 e. The first kappa shape index (κ1) is 13.5. The van der Waals surface area contributed by atoms with Crippen molar-refractivity contribution >= 4 is 10.0 Å². The maximum absolute atomic E-state index is 12.4. The van der Waals surface area contributed by atoms with Gasteiger partial charge >= 0.3 is 0 Å². The molecule has 1 aliphatic heterocycles. The second kappa shape index (κ2) is 5.38. The molecule has 0 atom stereocenters. The van der Waals surface area contributed by atoms with Gasteiger partial charge in [-0.1, -0.05) is 19.1 Å². The number of sulfonamides is 1. The molecule has 1 aliphatic rings. The zero-order valence-corrected chi connectivity index (χ0v) is 11.5. The smallest absolute Gasteiger partial charge is 0.243 e. The summed E-state index contributed by atoms with van der Waals surface area (Å²) in [5, 5.41) is 0. The number of hydrogen-bond acceptors (Lipinski definition) is 3. The summed E-state index contributed by atoms with van der Waals surface area (Å²) >= 11 is 0. The summed E-state index contributed by atoms with van der Waals surface area (Å²) in [6.45, 7) is 3.77. The minimum absolute atomic E-state index is 0.361. The van der Waals surface area contributed by atoms with Crippen LogP contribution >= 0.6 is 0 Å². The van der Waals surface area contributed by atoms with Gasteiger partial charge in [0.05, 0.1) is 4.90 Å². The lowest BCUT2D eigenvalue weighted by Gasteiger charge is -2.29. The summed E-state index contributed by atoms with van der Waals surface area (Å²) in [5.74, 6) is 0.617. The SMILES string of the molecule is CC1CCN(S(=O)(=O)c2cccc(CN)c2)CC1. The van der Waals surface area contributed by atoms with Crippen molar-refractivity contribution in [2.75, 3.05) is 13.1 Å². The highest BCUT2D eigenvalue weighted by Gasteiger charge is 2.27. The third-order valence-electron chi connectivity index (χ3n) is 3.51. The van der Waals surface area contributed by atoms with Gasteiger partial charge in [-0.2, -0.15) is 4.31 Å². The van der Waals surface area contributed by atoms with Crippen LogP contribution in [0.25, 0.3) is 0 Å². The zero-order chi connectivity index (χ0) is 13.2. The first-order valence-electron chi connectivity index (χ1n) is 6.33. The van der Waals surface area contributed by atoms with E-state index in [1.54, 1.807) is 22.5 Å². The van der Waals surface area contributed by atoms with Crippen molar-refractivity contribution in [3.05, 3.63) is 29.8 Å². The quantitative estimate of drug-likeness (QED) is 0.905. The Labute approximate surface area is 109 Å². The molecule has 0 aromatic heterocycles. The van der Waals surface area contributed by atoms with Crippen LogP contribution < -0.4 is 5.73 Å². The average Bonchev–Trinajstić information content (AvgIpc) is 2.39. The van der Waals surface area contributed by atoms with Crippen LogP contribution in [0.15, 0.2) is 29.2 Å². The number of hydrogen-bond donors (Lipinski definition) is 1. The molecule has 4 nitrogen and oxygen atoms in total. The van der Waals surface area contributed by atoms with E-state index in [4.69, 9.17) is 5.73 Å². The third-order valence-corrected chi connectivity index (χ3v) is 5.41. The van der Waals surface area contributed by atoms with Crippen LogP contribution in [0, 0.1) is 5.92 Å². The van der Waals surface area contributed by atoms with Crippen molar-refractivity contribution in [2.24, 2.45) is 11.7 Å². The summed E-state index contributed by atoms with van der Waals surface area (Å²) in [7, 11) is -3.34. The number of piperidine rings is 1. The van der Waals surface area contributed by atoms with Gasteiger partial charge in [-0.15, -0.1) is 0 Å². The number of rotatable bonds is 3. The van der Waals surface area contributed by atoms with Crippen LogP contribution in [0.4, 0.5) is 0 Å². The molecule has 1 aromatic rings. The van der Waals surface area contributed by atoms with Crippen LogP contribution in [0.5, 0.6) is 0 Å². The van der Waals surface area contributed by atoms with Crippen molar-refractivity contribution in [1.82, 2.24) is 4.31 Å². The Morgan fingerprint density at radius 3 is 2.61 bits per heavy atom. The maximum atomic E-state index is 12.4. The molecule has 18 heavy (non-hydrogen) atoms. The van der Waals surface area contributed by atoms with E-state index in [9.17, 15) is 8.42 Å². The van der Waals surface area contributed by atoms with E-state index in [0.29, 0.717) is 30.4 Å². The topological polar surface area (TPSA) is 63.4 Å². The van der Waals surface area contributed by atoms with Gasteiger partial charge in [-0.05, 0) is 36.5 Å². The lowest BCUT2D eigenvalue weighted by atomic mass is 10.0. The van der Waals surface area contributed by atoms with E-state index in [0.717, 1.165) is 18.4 Å². The number of nitrogens with two attached hydrogens (primary N) is 1. The van der Waals surface area contributed by atoms with E-state index in [-0.39, 0.29) is 0 Å². The van der Waals surface area contributed by atoms with Crippen LogP contribution in [0.3, 0.4) is 0 Å². The highest BCUT2D eigenvalue weighted by molar-refractivity contribution is 7.89. The van der Waals surface area contributed by atoms with Gasteiger partial charge in [0.15, 0.2) is 0 Å². The normalized spacial score (nSPS) is 19.0. The minimum atomic E-state index is -3.34. The average molecular weight is 268 g/mol. The lowest BCUT2D eigenvalue weighted by Crippen LogP contribution is -2.37. The van der Waals surface area contributed by atoms with E-state index < -0.39 is 10.0 Å². The monoisotopic (exact) mass is 268 g/mol. The molecule has 5 heteroatoms. The van der Waals surface area contributed by atoms with Crippen LogP contribution in [0.2, 0.25) is 0 Å². The highest BCUT2D eigenvalue weighted by Crippen LogP contribution is 2.23. The minimum Gasteiger partial charge on any atom is -0.326 e. The van der Waals surface area contributed by atoms with Crippen molar-refractivity contribution < 1.29 is 8.42 Å². The summed E-state index contributed by atoms with van der Waals surface area (Å²) in [6.07, 6.45) is 1.88.